The van der Waals surface area contributed by atoms with Crippen molar-refractivity contribution in [1.29, 1.82) is 0 Å². The maximum absolute atomic E-state index is 11.0. The van der Waals surface area contributed by atoms with Crippen LogP contribution < -0.4 is 10.5 Å². The summed E-state index contributed by atoms with van der Waals surface area (Å²) in [5.41, 5.74) is 10.3. The molecule has 34 heavy (non-hydrogen) atoms. The first-order chi connectivity index (χ1) is 16.2. The minimum Gasteiger partial charge on any atom is -0.490 e. The average Bonchev–Trinajstić information content (AvgIpc) is 3.28. The van der Waals surface area contributed by atoms with Gasteiger partial charge in [-0.1, -0.05) is 25.4 Å². The lowest BCUT2D eigenvalue weighted by Gasteiger charge is -2.18. The van der Waals surface area contributed by atoms with E-state index in [9.17, 15) is 15.0 Å². The molecule has 3 rings (SSSR count). The number of hydrogen-bond acceptors (Lipinski definition) is 8. The summed E-state index contributed by atoms with van der Waals surface area (Å²) in [7, 11) is 0. The van der Waals surface area contributed by atoms with Crippen molar-refractivity contribution in [3.63, 3.8) is 0 Å². The van der Waals surface area contributed by atoms with Crippen LogP contribution in [-0.2, 0) is 17.6 Å². The number of ether oxygens (including phenoxy) is 1. The van der Waals surface area contributed by atoms with Crippen molar-refractivity contribution in [1.82, 2.24) is 15.1 Å². The van der Waals surface area contributed by atoms with Crippen LogP contribution in [-0.4, -0.2) is 50.1 Å². The van der Waals surface area contributed by atoms with Crippen LogP contribution in [0.15, 0.2) is 28.8 Å². The zero-order valence-electron chi connectivity index (χ0n) is 20.0. The van der Waals surface area contributed by atoms with E-state index in [2.05, 4.69) is 22.0 Å². The Kier molecular flexibility index (Phi) is 8.36. The number of aliphatic hydroxyl groups excluding tert-OH is 2. The molecule has 2 aromatic heterocycles. The number of aryl methyl sites for hydroxylation is 4. The minimum atomic E-state index is -1.41. The summed E-state index contributed by atoms with van der Waals surface area (Å²) in [6.07, 6.45) is -0.0739. The van der Waals surface area contributed by atoms with Gasteiger partial charge in [-0.25, -0.2) is 0 Å². The molecule has 3 aromatic rings. The fourth-order valence-electron chi connectivity index (χ4n) is 3.77. The van der Waals surface area contributed by atoms with Crippen LogP contribution in [0.3, 0.4) is 0 Å². The van der Waals surface area contributed by atoms with Crippen LogP contribution in [0.4, 0.5) is 0 Å². The van der Waals surface area contributed by atoms with Crippen molar-refractivity contribution in [2.75, 3.05) is 6.61 Å². The summed E-state index contributed by atoms with van der Waals surface area (Å²) >= 11 is 0. The molecule has 182 valence electrons. The molecule has 0 saturated carbocycles. The molecule has 1 aromatic carbocycles. The van der Waals surface area contributed by atoms with Crippen LogP contribution in [0.25, 0.3) is 22.8 Å². The number of carbonyl (C=O) groups excluding carboxylic acids is 1. The van der Waals surface area contributed by atoms with Crippen LogP contribution in [0.1, 0.15) is 49.2 Å². The number of aliphatic hydroxyl groups is 2. The molecule has 2 atom stereocenters. The summed E-state index contributed by atoms with van der Waals surface area (Å²) in [5.74, 6) is 0.661. The average molecular weight is 469 g/mol. The van der Waals surface area contributed by atoms with Crippen LogP contribution in [0, 0.1) is 13.8 Å². The first-order valence-electron chi connectivity index (χ1n) is 11.5. The maximum Gasteiger partial charge on any atom is 0.258 e. The second kappa shape index (κ2) is 11.2. The third kappa shape index (κ3) is 6.18. The Bertz CT molecular complexity index is 1140. The normalized spacial score (nSPS) is 13.0. The zero-order valence-corrected chi connectivity index (χ0v) is 20.0. The molecule has 2 heterocycles. The van der Waals surface area contributed by atoms with Crippen molar-refractivity contribution >= 4 is 5.91 Å². The standard InChI is InChI=1S/C25H32N4O5/c1-5-7-19-11-18(9-15(4)27-19)25-28-24(29-34-25)17-8-14(3)22(16(6-2)10-17)33-13-20(30)12-21(31)23(26)32/h8-11,20-21,30-31H,5-7,12-13H2,1-4H3,(H2,26,32)/t20-,21?/m0/s1. The van der Waals surface area contributed by atoms with Crippen molar-refractivity contribution < 1.29 is 24.3 Å². The fourth-order valence-corrected chi connectivity index (χ4v) is 3.77. The number of carbonyl (C=O) groups is 1. The molecule has 0 fully saturated rings. The Balaban J connectivity index is 1.81. The molecule has 9 nitrogen and oxygen atoms in total. The van der Waals surface area contributed by atoms with Crippen LogP contribution in [0.2, 0.25) is 0 Å². The quantitative estimate of drug-likeness (QED) is 0.389. The van der Waals surface area contributed by atoms with E-state index in [4.69, 9.17) is 15.0 Å². The predicted octanol–water partition coefficient (Wildman–Crippen LogP) is 2.91. The maximum atomic E-state index is 11.0. The van der Waals surface area contributed by atoms with Gasteiger partial charge in [0.15, 0.2) is 0 Å². The Hall–Kier alpha value is -3.30. The van der Waals surface area contributed by atoms with Crippen molar-refractivity contribution in [2.24, 2.45) is 5.73 Å². The number of nitrogens with two attached hydrogens (primary N) is 1. The summed E-state index contributed by atoms with van der Waals surface area (Å²) in [6, 6.07) is 7.74. The molecule has 0 aliphatic carbocycles. The smallest absolute Gasteiger partial charge is 0.258 e. The van der Waals surface area contributed by atoms with Gasteiger partial charge >= 0.3 is 0 Å². The Labute approximate surface area is 199 Å². The second-order valence-electron chi connectivity index (χ2n) is 8.42. The lowest BCUT2D eigenvalue weighted by Crippen LogP contribution is -2.33. The van der Waals surface area contributed by atoms with Gasteiger partial charge in [0.05, 0.1) is 6.10 Å². The molecule has 9 heteroatoms. The van der Waals surface area contributed by atoms with Gasteiger partial charge in [-0.15, -0.1) is 0 Å². The minimum absolute atomic E-state index is 0.0780. The number of hydrogen-bond donors (Lipinski definition) is 3. The van der Waals surface area contributed by atoms with E-state index in [1.54, 1.807) is 0 Å². The Morgan fingerprint density at radius 1 is 1.12 bits per heavy atom. The van der Waals surface area contributed by atoms with E-state index in [0.717, 1.165) is 46.5 Å². The largest absolute Gasteiger partial charge is 0.490 e. The molecule has 1 unspecified atom stereocenters. The molecule has 0 aliphatic heterocycles. The zero-order chi connectivity index (χ0) is 24.8. The Morgan fingerprint density at radius 3 is 2.56 bits per heavy atom. The van der Waals surface area contributed by atoms with Crippen LogP contribution in [0.5, 0.6) is 5.75 Å². The van der Waals surface area contributed by atoms with E-state index in [-0.39, 0.29) is 13.0 Å². The van der Waals surface area contributed by atoms with E-state index in [0.29, 0.717) is 23.9 Å². The fraction of sp³-hybridized carbons (Fsp3) is 0.440. The molecule has 0 radical (unpaired) electrons. The van der Waals surface area contributed by atoms with Gasteiger partial charge in [0.1, 0.15) is 18.5 Å². The summed E-state index contributed by atoms with van der Waals surface area (Å²) < 4.78 is 11.4. The number of primary amides is 1. The lowest BCUT2D eigenvalue weighted by molar-refractivity contribution is -0.127. The summed E-state index contributed by atoms with van der Waals surface area (Å²) in [5, 5.41) is 23.8. The van der Waals surface area contributed by atoms with E-state index >= 15 is 0 Å². The number of nitrogens with zero attached hydrogens (tertiary/aromatic N) is 3. The number of amides is 1. The molecule has 4 N–H and O–H groups in total. The summed E-state index contributed by atoms with van der Waals surface area (Å²) in [4.78, 5) is 20.1. The number of aromatic nitrogens is 3. The van der Waals surface area contributed by atoms with E-state index < -0.39 is 18.1 Å². The number of pyridine rings is 1. The molecule has 1 amide bonds. The highest BCUT2D eigenvalue weighted by atomic mass is 16.5. The molecule has 0 aliphatic rings. The first-order valence-corrected chi connectivity index (χ1v) is 11.5. The number of rotatable bonds is 11. The van der Waals surface area contributed by atoms with Gasteiger partial charge in [0.2, 0.25) is 11.7 Å². The molecular formula is C25H32N4O5. The Morgan fingerprint density at radius 2 is 1.88 bits per heavy atom. The van der Waals surface area contributed by atoms with Gasteiger partial charge < -0.3 is 25.2 Å². The van der Waals surface area contributed by atoms with Crippen LogP contribution >= 0.6 is 0 Å². The van der Waals surface area contributed by atoms with Crippen molar-refractivity contribution in [3.05, 3.63) is 46.8 Å². The van der Waals surface area contributed by atoms with Gasteiger partial charge in [0, 0.05) is 28.9 Å². The highest BCUT2D eigenvalue weighted by Crippen LogP contribution is 2.31. The predicted molar refractivity (Wildman–Crippen MR) is 127 cm³/mol. The number of benzene rings is 1. The monoisotopic (exact) mass is 468 g/mol. The first kappa shape index (κ1) is 25.3. The van der Waals surface area contributed by atoms with Gasteiger partial charge in [-0.3, -0.25) is 9.78 Å². The third-order valence-corrected chi connectivity index (χ3v) is 5.42. The molecule has 0 bridgehead atoms. The van der Waals surface area contributed by atoms with Crippen molar-refractivity contribution in [2.45, 2.75) is 65.6 Å². The van der Waals surface area contributed by atoms with E-state index in [1.165, 1.54) is 0 Å². The van der Waals surface area contributed by atoms with Gasteiger partial charge in [0.25, 0.3) is 5.89 Å². The van der Waals surface area contributed by atoms with E-state index in [1.807, 2.05) is 45.0 Å². The second-order valence-corrected chi connectivity index (χ2v) is 8.42. The third-order valence-electron chi connectivity index (χ3n) is 5.42. The lowest BCUT2D eigenvalue weighted by atomic mass is 10.0. The van der Waals surface area contributed by atoms with Gasteiger partial charge in [-0.05, 0) is 62.1 Å². The topological polar surface area (TPSA) is 145 Å². The summed E-state index contributed by atoms with van der Waals surface area (Å²) in [6.45, 7) is 7.87. The molecule has 0 saturated heterocycles. The molecule has 0 spiro atoms. The SMILES string of the molecule is CCCc1cc(-c2nc(-c3cc(C)c(OC[C@@H](O)CC(O)C(N)=O)c(CC)c3)no2)cc(C)n1. The van der Waals surface area contributed by atoms with Gasteiger partial charge in [-0.2, -0.15) is 4.98 Å². The highest BCUT2D eigenvalue weighted by Gasteiger charge is 2.19. The molecular weight excluding hydrogens is 436 g/mol. The highest BCUT2D eigenvalue weighted by molar-refractivity contribution is 5.78. The van der Waals surface area contributed by atoms with Crippen molar-refractivity contribution in [3.8, 4) is 28.6 Å².